The number of halogens is 1. The zero-order valence-corrected chi connectivity index (χ0v) is 15.1. The van der Waals surface area contributed by atoms with Crippen molar-refractivity contribution in [3.8, 4) is 0 Å². The maximum atomic E-state index is 12.3. The van der Waals surface area contributed by atoms with Crippen molar-refractivity contribution >= 4 is 41.0 Å². The summed E-state index contributed by atoms with van der Waals surface area (Å²) in [5.74, 6) is -2.38. The van der Waals surface area contributed by atoms with Crippen LogP contribution < -0.4 is 5.32 Å². The molecule has 9 heteroatoms. The molecule has 1 aliphatic heterocycles. The lowest BCUT2D eigenvalue weighted by atomic mass is 9.85. The third-order valence-corrected chi connectivity index (χ3v) is 4.84. The molecule has 8 nitrogen and oxygen atoms in total. The molecule has 3 rings (SSSR count). The number of carbonyl (C=O) groups is 4. The summed E-state index contributed by atoms with van der Waals surface area (Å²) in [6.45, 7) is -0.541. The smallest absolute Gasteiger partial charge is 0.308 e. The minimum absolute atomic E-state index is 0.0421. The molecule has 0 bridgehead atoms. The summed E-state index contributed by atoms with van der Waals surface area (Å²) in [4.78, 5) is 53.2. The predicted molar refractivity (Wildman–Crippen MR) is 95.5 cm³/mol. The van der Waals surface area contributed by atoms with Gasteiger partial charge in [0.25, 0.3) is 5.91 Å². The van der Waals surface area contributed by atoms with Crippen LogP contribution in [0.5, 0.6) is 0 Å². The van der Waals surface area contributed by atoms with Crippen LogP contribution in [0.25, 0.3) is 0 Å². The van der Waals surface area contributed by atoms with Crippen molar-refractivity contribution < 1.29 is 23.9 Å². The first-order valence-corrected chi connectivity index (χ1v) is 8.91. The lowest BCUT2D eigenvalue weighted by Gasteiger charge is -2.14. The van der Waals surface area contributed by atoms with E-state index in [0.29, 0.717) is 18.5 Å². The second kappa shape index (κ2) is 8.30. The van der Waals surface area contributed by atoms with E-state index in [4.69, 9.17) is 16.3 Å². The highest BCUT2D eigenvalue weighted by Crippen LogP contribution is 2.35. The molecule has 0 radical (unpaired) electrons. The number of rotatable bonds is 6. The van der Waals surface area contributed by atoms with E-state index >= 15 is 0 Å². The van der Waals surface area contributed by atoms with Crippen LogP contribution in [0, 0.1) is 11.8 Å². The number of amides is 3. The number of fused-ring (bicyclic) bond motifs is 1. The molecule has 1 aromatic heterocycles. The molecular weight excluding hydrogens is 374 g/mol. The average molecular weight is 392 g/mol. The third-order valence-electron chi connectivity index (χ3n) is 4.54. The van der Waals surface area contributed by atoms with Crippen molar-refractivity contribution in [2.75, 3.05) is 18.5 Å². The van der Waals surface area contributed by atoms with Crippen molar-refractivity contribution in [2.45, 2.75) is 19.3 Å². The molecule has 2 atom stereocenters. The first kappa shape index (κ1) is 19.0. The van der Waals surface area contributed by atoms with Crippen LogP contribution in [0.1, 0.15) is 19.3 Å². The lowest BCUT2D eigenvalue weighted by molar-refractivity contribution is -0.148. The number of allylic oxidation sites excluding steroid dienone is 2. The highest BCUT2D eigenvalue weighted by molar-refractivity contribution is 6.32. The minimum Gasteiger partial charge on any atom is -0.456 e. The Labute approximate surface area is 160 Å². The summed E-state index contributed by atoms with van der Waals surface area (Å²) in [6, 6.07) is 3.17. The number of imide groups is 1. The molecule has 2 unspecified atom stereocenters. The normalized spacial score (nSPS) is 21.1. The molecule has 1 N–H and O–H groups in total. The first-order valence-electron chi connectivity index (χ1n) is 8.53. The molecule has 3 amide bonds. The zero-order chi connectivity index (χ0) is 19.4. The molecule has 0 saturated carbocycles. The molecule has 142 valence electrons. The van der Waals surface area contributed by atoms with Crippen molar-refractivity contribution in [3.63, 3.8) is 0 Å². The molecule has 0 aromatic carbocycles. The van der Waals surface area contributed by atoms with Crippen molar-refractivity contribution in [1.82, 2.24) is 9.88 Å². The van der Waals surface area contributed by atoms with E-state index in [9.17, 15) is 19.2 Å². The maximum absolute atomic E-state index is 12.3. The standard InChI is InChI=1S/C18H18ClN3O5/c19-16-13(6-3-8-20-16)21-14(23)10-27-15(24)7-9-22-17(25)11-4-1-2-5-12(11)18(22)26/h1-3,6,8,11-12H,4-5,7,9-10H2,(H,21,23). The Balaban J connectivity index is 1.43. The summed E-state index contributed by atoms with van der Waals surface area (Å²) in [6.07, 6.45) is 6.21. The van der Waals surface area contributed by atoms with E-state index in [-0.39, 0.29) is 41.8 Å². The van der Waals surface area contributed by atoms with Crippen LogP contribution in [-0.2, 0) is 23.9 Å². The number of pyridine rings is 1. The topological polar surface area (TPSA) is 106 Å². The molecule has 1 aromatic rings. The van der Waals surface area contributed by atoms with Gasteiger partial charge < -0.3 is 10.1 Å². The van der Waals surface area contributed by atoms with E-state index in [1.807, 2.05) is 12.2 Å². The Morgan fingerprint density at radius 2 is 1.89 bits per heavy atom. The number of hydrogen-bond acceptors (Lipinski definition) is 6. The van der Waals surface area contributed by atoms with Crippen molar-refractivity contribution in [3.05, 3.63) is 35.6 Å². The highest BCUT2D eigenvalue weighted by Gasteiger charge is 2.46. The lowest BCUT2D eigenvalue weighted by Crippen LogP contribution is -2.33. The molecule has 2 aliphatic rings. The Bertz CT molecular complexity index is 784. The van der Waals surface area contributed by atoms with Gasteiger partial charge in [0.1, 0.15) is 0 Å². The third kappa shape index (κ3) is 4.33. The monoisotopic (exact) mass is 391 g/mol. The van der Waals surface area contributed by atoms with Gasteiger partial charge in [-0.25, -0.2) is 4.98 Å². The summed E-state index contributed by atoms with van der Waals surface area (Å²) >= 11 is 5.83. The van der Waals surface area contributed by atoms with Crippen LogP contribution in [0.2, 0.25) is 5.15 Å². The van der Waals surface area contributed by atoms with Crippen molar-refractivity contribution in [2.24, 2.45) is 11.8 Å². The maximum Gasteiger partial charge on any atom is 0.308 e. The quantitative estimate of drug-likeness (QED) is 0.341. The van der Waals surface area contributed by atoms with Crippen LogP contribution in [-0.4, -0.2) is 46.7 Å². The fourth-order valence-electron chi connectivity index (χ4n) is 3.18. The van der Waals surface area contributed by atoms with Crippen LogP contribution in [0.3, 0.4) is 0 Å². The largest absolute Gasteiger partial charge is 0.456 e. The minimum atomic E-state index is -0.670. The van der Waals surface area contributed by atoms with Crippen LogP contribution >= 0.6 is 11.6 Å². The number of anilines is 1. The van der Waals surface area contributed by atoms with Gasteiger partial charge in [-0.15, -0.1) is 0 Å². The molecule has 1 saturated heterocycles. The van der Waals surface area contributed by atoms with E-state index in [1.165, 1.54) is 6.20 Å². The molecular formula is C18H18ClN3O5. The molecule has 2 heterocycles. The van der Waals surface area contributed by atoms with E-state index in [0.717, 1.165) is 4.90 Å². The van der Waals surface area contributed by atoms with Crippen LogP contribution in [0.4, 0.5) is 5.69 Å². The number of ether oxygens (including phenoxy) is 1. The van der Waals surface area contributed by atoms with Gasteiger partial charge in [-0.1, -0.05) is 23.8 Å². The zero-order valence-electron chi connectivity index (χ0n) is 14.4. The predicted octanol–water partition coefficient (Wildman–Crippen LogP) is 1.56. The number of aromatic nitrogens is 1. The van der Waals surface area contributed by atoms with Gasteiger partial charge in [-0.2, -0.15) is 0 Å². The highest BCUT2D eigenvalue weighted by atomic mass is 35.5. The Morgan fingerprint density at radius 3 is 2.52 bits per heavy atom. The number of nitrogens with one attached hydrogen (secondary N) is 1. The summed E-state index contributed by atoms with van der Waals surface area (Å²) in [5.41, 5.74) is 0.310. The summed E-state index contributed by atoms with van der Waals surface area (Å²) in [5, 5.41) is 2.60. The average Bonchev–Trinajstić information content (AvgIpc) is 2.91. The van der Waals surface area contributed by atoms with Gasteiger partial charge in [0.15, 0.2) is 11.8 Å². The fraction of sp³-hybridized carbons (Fsp3) is 0.389. The van der Waals surface area contributed by atoms with Gasteiger partial charge in [0, 0.05) is 12.7 Å². The van der Waals surface area contributed by atoms with Crippen LogP contribution in [0.15, 0.2) is 30.5 Å². The van der Waals surface area contributed by atoms with Gasteiger partial charge >= 0.3 is 5.97 Å². The van der Waals surface area contributed by atoms with E-state index < -0.39 is 18.5 Å². The number of carbonyl (C=O) groups excluding carboxylic acids is 4. The van der Waals surface area contributed by atoms with Gasteiger partial charge in [0.05, 0.1) is 23.9 Å². The molecule has 1 aliphatic carbocycles. The number of likely N-dealkylation sites (tertiary alicyclic amines) is 1. The van der Waals surface area contributed by atoms with Gasteiger partial charge in [-0.05, 0) is 25.0 Å². The second-order valence-electron chi connectivity index (χ2n) is 6.28. The second-order valence-corrected chi connectivity index (χ2v) is 6.64. The fourth-order valence-corrected chi connectivity index (χ4v) is 3.34. The number of hydrogen-bond donors (Lipinski definition) is 1. The molecule has 1 fully saturated rings. The number of esters is 1. The summed E-state index contributed by atoms with van der Waals surface area (Å²) < 4.78 is 4.89. The molecule has 0 spiro atoms. The van der Waals surface area contributed by atoms with E-state index in [2.05, 4.69) is 10.3 Å². The summed E-state index contributed by atoms with van der Waals surface area (Å²) in [7, 11) is 0. The van der Waals surface area contributed by atoms with Crippen molar-refractivity contribution in [1.29, 1.82) is 0 Å². The van der Waals surface area contributed by atoms with E-state index in [1.54, 1.807) is 12.1 Å². The Morgan fingerprint density at radius 1 is 1.22 bits per heavy atom. The first-order chi connectivity index (χ1) is 13.0. The van der Waals surface area contributed by atoms with Gasteiger partial charge in [-0.3, -0.25) is 24.1 Å². The SMILES string of the molecule is O=C(COC(=O)CCN1C(=O)C2CC=CCC2C1=O)Nc1cccnc1Cl. The van der Waals surface area contributed by atoms with Gasteiger partial charge in [0.2, 0.25) is 11.8 Å². The number of nitrogens with zero attached hydrogens (tertiary/aromatic N) is 2. The molecule has 27 heavy (non-hydrogen) atoms. The Kier molecular flexibility index (Phi) is 5.85. The Hall–Kier alpha value is -2.74.